The first kappa shape index (κ1) is 28.1. The van der Waals surface area contributed by atoms with Gasteiger partial charge in [-0.15, -0.1) is 0 Å². The number of ether oxygens (including phenoxy) is 1. The van der Waals surface area contributed by atoms with Crippen LogP contribution in [0.3, 0.4) is 0 Å². The molecule has 3 amide bonds. The molecule has 2 aromatic carbocycles. The van der Waals surface area contributed by atoms with Crippen LogP contribution in [0, 0.1) is 0 Å². The molecule has 4 heterocycles. The number of piperazine rings is 1. The number of hydrogen-bond acceptors (Lipinski definition) is 6. The van der Waals surface area contributed by atoms with Crippen molar-refractivity contribution in [1.82, 2.24) is 24.7 Å². The number of hydrogen-bond donors (Lipinski definition) is 2. The number of morpholine rings is 1. The van der Waals surface area contributed by atoms with Crippen molar-refractivity contribution in [3.8, 4) is 0 Å². The summed E-state index contributed by atoms with van der Waals surface area (Å²) in [5.41, 5.74) is 2.26. The number of aromatic nitrogens is 2. The molecule has 0 aliphatic carbocycles. The van der Waals surface area contributed by atoms with Gasteiger partial charge in [0, 0.05) is 60.3 Å². The van der Waals surface area contributed by atoms with Gasteiger partial charge in [0.15, 0.2) is 0 Å². The summed E-state index contributed by atoms with van der Waals surface area (Å²) in [6, 6.07) is 14.0. The van der Waals surface area contributed by atoms with E-state index in [0.717, 1.165) is 21.8 Å². The predicted molar refractivity (Wildman–Crippen MR) is 162 cm³/mol. The lowest BCUT2D eigenvalue weighted by molar-refractivity contribution is -0.150. The van der Waals surface area contributed by atoms with Gasteiger partial charge in [0.05, 0.1) is 41.7 Å². The number of rotatable bonds is 5. The average Bonchev–Trinajstić information content (AvgIpc) is 3.35. The zero-order chi connectivity index (χ0) is 29.4. The monoisotopic (exact) mass is 588 g/mol. The first-order chi connectivity index (χ1) is 20.2. The molecule has 0 radical (unpaired) electrons. The Balaban J connectivity index is 1.15. The van der Waals surface area contributed by atoms with E-state index in [4.69, 9.17) is 16.3 Å². The van der Waals surface area contributed by atoms with Gasteiger partial charge < -0.3 is 24.8 Å². The van der Waals surface area contributed by atoms with E-state index in [-0.39, 0.29) is 30.9 Å². The summed E-state index contributed by atoms with van der Waals surface area (Å²) in [7, 11) is 0. The van der Waals surface area contributed by atoms with Gasteiger partial charge >= 0.3 is 0 Å². The molecular formula is C31H33ClN6O4. The smallest absolute Gasteiger partial charge is 0.253 e. The third kappa shape index (κ3) is 5.70. The van der Waals surface area contributed by atoms with Crippen LogP contribution in [-0.2, 0) is 14.3 Å². The van der Waals surface area contributed by atoms with Crippen molar-refractivity contribution in [2.75, 3.05) is 51.2 Å². The highest BCUT2D eigenvalue weighted by Crippen LogP contribution is 2.33. The number of aromatic amines is 1. The van der Waals surface area contributed by atoms with Crippen molar-refractivity contribution < 1.29 is 19.1 Å². The molecule has 1 atom stereocenters. The predicted octanol–water partition coefficient (Wildman–Crippen LogP) is 3.77. The molecule has 2 N–H and O–H groups in total. The molecule has 0 bridgehead atoms. The Morgan fingerprint density at radius 2 is 1.79 bits per heavy atom. The molecule has 2 saturated heterocycles. The van der Waals surface area contributed by atoms with Crippen LogP contribution in [0.15, 0.2) is 60.9 Å². The van der Waals surface area contributed by atoms with Crippen LogP contribution in [0.1, 0.15) is 24.2 Å². The summed E-state index contributed by atoms with van der Waals surface area (Å²) in [4.78, 5) is 52.9. The number of halogens is 1. The zero-order valence-corrected chi connectivity index (χ0v) is 24.4. The molecule has 2 aliphatic heterocycles. The number of pyridine rings is 1. The molecule has 0 spiro atoms. The van der Waals surface area contributed by atoms with Gasteiger partial charge in [0.25, 0.3) is 5.91 Å². The van der Waals surface area contributed by atoms with Crippen LogP contribution in [0.4, 0.5) is 5.69 Å². The van der Waals surface area contributed by atoms with Gasteiger partial charge in [-0.3, -0.25) is 24.3 Å². The minimum atomic E-state index is -0.678. The van der Waals surface area contributed by atoms with E-state index in [1.165, 1.54) is 0 Å². The SMILES string of the molecule is CC1(C)CN(CC(=O)N2CCN(C(=O)c3ccccc3)CC2)[C@H](C(=O)Nc2cc(Cl)cc3c2[nH]c2cnccc23)CO1. The number of fused-ring (bicyclic) bond motifs is 3. The fourth-order valence-electron chi connectivity index (χ4n) is 5.79. The minimum Gasteiger partial charge on any atom is -0.372 e. The van der Waals surface area contributed by atoms with Gasteiger partial charge in [0.1, 0.15) is 6.04 Å². The quantitative estimate of drug-likeness (QED) is 0.367. The maximum atomic E-state index is 13.7. The van der Waals surface area contributed by atoms with E-state index in [1.54, 1.807) is 40.4 Å². The molecule has 42 heavy (non-hydrogen) atoms. The summed E-state index contributed by atoms with van der Waals surface area (Å²) in [6.07, 6.45) is 3.45. The highest BCUT2D eigenvalue weighted by Gasteiger charge is 2.39. The Kier molecular flexibility index (Phi) is 7.61. The van der Waals surface area contributed by atoms with E-state index in [9.17, 15) is 14.4 Å². The van der Waals surface area contributed by atoms with Gasteiger partial charge in [-0.25, -0.2) is 0 Å². The lowest BCUT2D eigenvalue weighted by Gasteiger charge is -2.43. The minimum absolute atomic E-state index is 0.0317. The van der Waals surface area contributed by atoms with Gasteiger partial charge in [0.2, 0.25) is 11.8 Å². The lowest BCUT2D eigenvalue weighted by Crippen LogP contribution is -2.61. The Hall–Kier alpha value is -3.99. The molecule has 11 heteroatoms. The molecule has 2 fully saturated rings. The van der Waals surface area contributed by atoms with Crippen LogP contribution < -0.4 is 5.32 Å². The van der Waals surface area contributed by atoms with E-state index < -0.39 is 11.6 Å². The number of carbonyl (C=O) groups is 3. The summed E-state index contributed by atoms with van der Waals surface area (Å²) in [5, 5.41) is 5.37. The lowest BCUT2D eigenvalue weighted by atomic mass is 10.0. The number of anilines is 1. The van der Waals surface area contributed by atoms with Gasteiger partial charge in [-0.1, -0.05) is 29.8 Å². The first-order valence-electron chi connectivity index (χ1n) is 14.0. The Labute approximate surface area is 248 Å². The third-order valence-electron chi connectivity index (χ3n) is 7.97. The molecule has 218 valence electrons. The van der Waals surface area contributed by atoms with Crippen molar-refractivity contribution in [2.45, 2.75) is 25.5 Å². The molecule has 10 nitrogen and oxygen atoms in total. The van der Waals surface area contributed by atoms with Crippen LogP contribution >= 0.6 is 11.6 Å². The molecule has 0 unspecified atom stereocenters. The number of nitrogens with zero attached hydrogens (tertiary/aromatic N) is 4. The summed E-state index contributed by atoms with van der Waals surface area (Å²) in [5.74, 6) is -0.391. The molecule has 0 saturated carbocycles. The van der Waals surface area contributed by atoms with E-state index in [2.05, 4.69) is 15.3 Å². The standard InChI is InChI=1S/C31H33ClN6O4/c1-31(2)19-38(17-27(39)36-10-12-37(13-11-36)30(41)20-6-4-3-5-7-20)26(18-42-31)29(40)35-24-15-21(32)14-23-22-8-9-33-16-25(22)34-28(23)24/h3-9,14-16,26,34H,10-13,17-19H2,1-2H3,(H,35,40)/t26-/m0/s1. The Bertz CT molecular complexity index is 1650. The van der Waals surface area contributed by atoms with Crippen molar-refractivity contribution >= 4 is 56.8 Å². The largest absolute Gasteiger partial charge is 0.372 e. The highest BCUT2D eigenvalue weighted by atomic mass is 35.5. The second-order valence-electron chi connectivity index (χ2n) is 11.4. The van der Waals surface area contributed by atoms with Crippen LogP contribution in [0.2, 0.25) is 5.02 Å². The molecule has 2 aromatic heterocycles. The number of carbonyl (C=O) groups excluding carboxylic acids is 3. The zero-order valence-electron chi connectivity index (χ0n) is 23.6. The van der Waals surface area contributed by atoms with Crippen LogP contribution in [0.25, 0.3) is 21.8 Å². The third-order valence-corrected chi connectivity index (χ3v) is 8.19. The van der Waals surface area contributed by atoms with E-state index in [1.807, 2.05) is 49.1 Å². The summed E-state index contributed by atoms with van der Waals surface area (Å²) in [6.45, 7) is 6.33. The molecule has 2 aliphatic rings. The van der Waals surface area contributed by atoms with Crippen molar-refractivity contribution in [3.05, 3.63) is 71.5 Å². The second kappa shape index (κ2) is 11.4. The normalized spacial score (nSPS) is 19.3. The number of nitrogens with one attached hydrogen (secondary N) is 2. The first-order valence-corrected chi connectivity index (χ1v) is 14.4. The Morgan fingerprint density at radius 1 is 1.05 bits per heavy atom. The van der Waals surface area contributed by atoms with E-state index in [0.29, 0.717) is 49.0 Å². The fraction of sp³-hybridized carbons (Fsp3) is 0.355. The van der Waals surface area contributed by atoms with Crippen LogP contribution in [0.5, 0.6) is 0 Å². The maximum Gasteiger partial charge on any atom is 0.253 e. The number of amides is 3. The van der Waals surface area contributed by atoms with Crippen molar-refractivity contribution in [2.24, 2.45) is 0 Å². The summed E-state index contributed by atoms with van der Waals surface area (Å²) >= 11 is 6.45. The van der Waals surface area contributed by atoms with Crippen molar-refractivity contribution in [3.63, 3.8) is 0 Å². The fourth-order valence-corrected chi connectivity index (χ4v) is 6.01. The molecule has 6 rings (SSSR count). The highest BCUT2D eigenvalue weighted by molar-refractivity contribution is 6.33. The number of H-pyrrole nitrogens is 1. The van der Waals surface area contributed by atoms with Crippen LogP contribution in [-0.4, -0.2) is 99.9 Å². The number of benzene rings is 2. The van der Waals surface area contributed by atoms with Crippen molar-refractivity contribution in [1.29, 1.82) is 0 Å². The second-order valence-corrected chi connectivity index (χ2v) is 11.9. The Morgan fingerprint density at radius 3 is 2.55 bits per heavy atom. The molecular weight excluding hydrogens is 556 g/mol. The summed E-state index contributed by atoms with van der Waals surface area (Å²) < 4.78 is 6.02. The molecule has 4 aromatic rings. The van der Waals surface area contributed by atoms with E-state index >= 15 is 0 Å². The van der Waals surface area contributed by atoms with Gasteiger partial charge in [-0.05, 0) is 44.2 Å². The topological polar surface area (TPSA) is 111 Å². The average molecular weight is 589 g/mol. The maximum absolute atomic E-state index is 13.7. The van der Waals surface area contributed by atoms with Gasteiger partial charge in [-0.2, -0.15) is 0 Å².